The summed E-state index contributed by atoms with van der Waals surface area (Å²) >= 11 is 5.27. The Morgan fingerprint density at radius 2 is 0.976 bits per heavy atom. The summed E-state index contributed by atoms with van der Waals surface area (Å²) in [6.45, 7) is 8.77. The molecule has 0 aliphatic rings. The lowest BCUT2D eigenvalue weighted by atomic mass is 10.0. The Morgan fingerprint density at radius 1 is 0.512 bits per heavy atom. The number of rotatable bonds is 3. The summed E-state index contributed by atoms with van der Waals surface area (Å²) in [5, 5.41) is 1.01. The molecule has 0 saturated heterocycles. The number of aryl methyl sites for hydroxylation is 2. The molecule has 0 amide bonds. The first kappa shape index (κ1) is 27.0. The van der Waals surface area contributed by atoms with Crippen LogP contribution in [0.1, 0.15) is 41.8 Å². The highest BCUT2D eigenvalue weighted by Gasteiger charge is 2.26. The molecule has 1 nitrogen and oxygen atoms in total. The van der Waals surface area contributed by atoms with Gasteiger partial charge < -0.3 is 0 Å². The quantitative estimate of drug-likeness (QED) is 0.190. The number of thiophene rings is 2. The maximum Gasteiger partial charge on any atom is 0.124 e. The summed E-state index contributed by atoms with van der Waals surface area (Å²) in [4.78, 5) is 11.2. The Kier molecular flexibility index (Phi) is 7.73. The van der Waals surface area contributed by atoms with Gasteiger partial charge in [0.15, 0.2) is 0 Å². The van der Waals surface area contributed by atoms with Crippen LogP contribution in [0, 0.1) is 51.4 Å². The number of aromatic nitrogens is 1. The molecular weight excluding hydrogens is 555 g/mol. The number of thiazole rings is 1. The van der Waals surface area contributed by atoms with E-state index < -0.39 is 0 Å². The molecule has 41 heavy (non-hydrogen) atoms. The summed E-state index contributed by atoms with van der Waals surface area (Å²) in [5.41, 5.74) is 8.96. The Hall–Kier alpha value is -4.19. The van der Waals surface area contributed by atoms with Crippen molar-refractivity contribution >= 4 is 34.0 Å². The van der Waals surface area contributed by atoms with Crippen molar-refractivity contribution in [2.45, 2.75) is 27.7 Å². The zero-order valence-electron chi connectivity index (χ0n) is 23.3. The van der Waals surface area contributed by atoms with Crippen molar-refractivity contribution in [3.8, 4) is 56.0 Å². The predicted molar refractivity (Wildman–Crippen MR) is 178 cm³/mol. The fraction of sp³-hybridized carbons (Fsp3) is 0.108. The molecule has 0 N–H and O–H groups in total. The summed E-state index contributed by atoms with van der Waals surface area (Å²) in [5.74, 6) is 13.8. The molecule has 0 spiro atoms. The Morgan fingerprint density at radius 3 is 1.51 bits per heavy atom. The van der Waals surface area contributed by atoms with Crippen LogP contribution in [0.25, 0.3) is 32.3 Å². The van der Waals surface area contributed by atoms with Crippen LogP contribution >= 0.6 is 34.0 Å². The minimum Gasteiger partial charge on any atom is -0.235 e. The maximum absolute atomic E-state index is 5.34. The van der Waals surface area contributed by atoms with E-state index in [9.17, 15) is 0 Å². The molecule has 4 heteroatoms. The molecular formula is C37H27NS3. The van der Waals surface area contributed by atoms with E-state index in [0.717, 1.165) is 47.6 Å². The molecule has 0 saturated carbocycles. The average molecular weight is 582 g/mol. The lowest BCUT2D eigenvalue weighted by molar-refractivity contribution is 1.36. The predicted octanol–water partition coefficient (Wildman–Crippen LogP) is 10.3. The van der Waals surface area contributed by atoms with Gasteiger partial charge >= 0.3 is 0 Å². The number of hydrogen-bond donors (Lipinski definition) is 0. The topological polar surface area (TPSA) is 12.9 Å². The van der Waals surface area contributed by atoms with Gasteiger partial charge in [-0.1, -0.05) is 78.6 Å². The normalized spacial score (nSPS) is 10.5. The van der Waals surface area contributed by atoms with Crippen LogP contribution in [-0.4, -0.2) is 4.98 Å². The van der Waals surface area contributed by atoms with Crippen LogP contribution < -0.4 is 0 Å². The first-order valence-corrected chi connectivity index (χ1v) is 15.9. The Labute approximate surface area is 254 Å². The van der Waals surface area contributed by atoms with Gasteiger partial charge in [0.25, 0.3) is 0 Å². The van der Waals surface area contributed by atoms with E-state index in [1.54, 1.807) is 34.0 Å². The highest BCUT2D eigenvalue weighted by Crippen LogP contribution is 2.48. The van der Waals surface area contributed by atoms with E-state index in [1.165, 1.54) is 26.4 Å². The van der Waals surface area contributed by atoms with E-state index in [4.69, 9.17) is 4.98 Å². The van der Waals surface area contributed by atoms with Crippen LogP contribution in [0.3, 0.4) is 0 Å². The standard InChI is InChI=1S/C37H27NS3/c1-24-26(3)39-31(22-20-28-14-8-5-9-15-28)33(24)35-36(41-37(38-35)30-18-12-7-13-19-30)34-25(2)27(4)40-32(34)23-21-29-16-10-6-11-17-29/h5-19H,1-4H3. The van der Waals surface area contributed by atoms with Crippen molar-refractivity contribution in [3.63, 3.8) is 0 Å². The van der Waals surface area contributed by atoms with Crippen molar-refractivity contribution in [1.82, 2.24) is 4.98 Å². The Balaban J connectivity index is 1.59. The molecule has 0 radical (unpaired) electrons. The van der Waals surface area contributed by atoms with Crippen molar-refractivity contribution < 1.29 is 0 Å². The summed E-state index contributed by atoms with van der Waals surface area (Å²) < 4.78 is 0. The van der Waals surface area contributed by atoms with E-state index in [2.05, 4.69) is 99.9 Å². The van der Waals surface area contributed by atoms with Crippen LogP contribution in [0.15, 0.2) is 91.0 Å². The highest BCUT2D eigenvalue weighted by atomic mass is 32.1. The third kappa shape index (κ3) is 5.56. The molecule has 0 aliphatic carbocycles. The molecule has 6 rings (SSSR count). The fourth-order valence-electron chi connectivity index (χ4n) is 4.65. The van der Waals surface area contributed by atoms with Gasteiger partial charge in [0, 0.05) is 37.6 Å². The van der Waals surface area contributed by atoms with Gasteiger partial charge in [0.2, 0.25) is 0 Å². The Bertz CT molecular complexity index is 1840. The summed E-state index contributed by atoms with van der Waals surface area (Å²) in [7, 11) is 0. The van der Waals surface area contributed by atoms with Crippen molar-refractivity contribution in [2.24, 2.45) is 0 Å². The van der Waals surface area contributed by atoms with Crippen molar-refractivity contribution in [2.75, 3.05) is 0 Å². The SMILES string of the molecule is Cc1sc(C#Cc2ccccc2)c(-c2nc(-c3ccccc3)sc2-c2c(C#Cc3ccccc3)sc(C)c2C)c1C. The monoisotopic (exact) mass is 581 g/mol. The number of hydrogen-bond acceptors (Lipinski definition) is 4. The molecule has 0 unspecified atom stereocenters. The minimum atomic E-state index is 0.997. The highest BCUT2D eigenvalue weighted by molar-refractivity contribution is 7.20. The van der Waals surface area contributed by atoms with E-state index in [0.29, 0.717) is 0 Å². The summed E-state index contributed by atoms with van der Waals surface area (Å²) in [6, 6.07) is 30.8. The molecule has 3 aromatic carbocycles. The molecule has 198 valence electrons. The third-order valence-corrected chi connectivity index (χ3v) is 10.4. The molecule has 0 atom stereocenters. The lowest BCUT2D eigenvalue weighted by Gasteiger charge is -2.05. The van der Waals surface area contributed by atoms with Crippen molar-refractivity contribution in [1.29, 1.82) is 0 Å². The molecule has 0 aliphatic heterocycles. The third-order valence-electron chi connectivity index (χ3n) is 7.07. The van der Waals surface area contributed by atoms with Crippen molar-refractivity contribution in [3.05, 3.63) is 133 Å². The van der Waals surface area contributed by atoms with E-state index in [1.807, 2.05) is 42.5 Å². The van der Waals surface area contributed by atoms with E-state index in [-0.39, 0.29) is 0 Å². The first-order valence-electron chi connectivity index (χ1n) is 13.4. The van der Waals surface area contributed by atoms with Crippen LogP contribution in [0.2, 0.25) is 0 Å². The minimum absolute atomic E-state index is 0.997. The number of benzene rings is 3. The first-order chi connectivity index (χ1) is 20.0. The average Bonchev–Trinajstić information content (AvgIpc) is 3.64. The van der Waals surface area contributed by atoms with Gasteiger partial charge in [-0.15, -0.1) is 34.0 Å². The van der Waals surface area contributed by atoms with Gasteiger partial charge in [-0.2, -0.15) is 0 Å². The van der Waals surface area contributed by atoms with Crippen LogP contribution in [-0.2, 0) is 0 Å². The van der Waals surface area contributed by atoms with Crippen LogP contribution in [0.4, 0.5) is 0 Å². The zero-order chi connectivity index (χ0) is 28.3. The second-order valence-corrected chi connectivity index (χ2v) is 13.2. The van der Waals surface area contributed by atoms with Gasteiger partial charge in [0.05, 0.1) is 20.3 Å². The summed E-state index contributed by atoms with van der Waals surface area (Å²) in [6.07, 6.45) is 0. The molecule has 3 aromatic heterocycles. The zero-order valence-corrected chi connectivity index (χ0v) is 25.8. The van der Waals surface area contributed by atoms with Gasteiger partial charge in [0.1, 0.15) is 5.01 Å². The van der Waals surface area contributed by atoms with Crippen LogP contribution in [0.5, 0.6) is 0 Å². The molecule has 3 heterocycles. The second kappa shape index (κ2) is 11.7. The molecule has 0 fully saturated rings. The largest absolute Gasteiger partial charge is 0.235 e. The maximum atomic E-state index is 5.34. The molecule has 0 bridgehead atoms. The second-order valence-electron chi connectivity index (χ2n) is 9.77. The van der Waals surface area contributed by atoms with Gasteiger partial charge in [-0.05, 0) is 74.9 Å². The van der Waals surface area contributed by atoms with Gasteiger partial charge in [-0.25, -0.2) is 4.98 Å². The van der Waals surface area contributed by atoms with Gasteiger partial charge in [-0.3, -0.25) is 0 Å². The lowest BCUT2D eigenvalue weighted by Crippen LogP contribution is -1.89. The smallest absolute Gasteiger partial charge is 0.124 e. The van der Waals surface area contributed by atoms with E-state index >= 15 is 0 Å². The number of nitrogens with zero attached hydrogens (tertiary/aromatic N) is 1. The fourth-order valence-corrected chi connectivity index (χ4v) is 7.94. The molecule has 6 aromatic rings.